The molecule has 21 heavy (non-hydrogen) atoms. The predicted octanol–water partition coefficient (Wildman–Crippen LogP) is 1.55. The number of nitrogens with zero attached hydrogens (tertiary/aromatic N) is 1. The minimum Gasteiger partial charge on any atom is -0.384 e. The summed E-state index contributed by atoms with van der Waals surface area (Å²) in [5, 5.41) is 11.6. The lowest BCUT2D eigenvalue weighted by molar-refractivity contribution is 0.0938. The average Bonchev–Trinajstić information content (AvgIpc) is 3.00. The number of imidazole rings is 1. The Labute approximate surface area is 123 Å². The van der Waals surface area contributed by atoms with Gasteiger partial charge in [-0.1, -0.05) is 17.9 Å². The molecule has 5 heteroatoms. The summed E-state index contributed by atoms with van der Waals surface area (Å²) in [7, 11) is 0. The normalized spacial score (nSPS) is 11.4. The number of carbonyl (C=O) groups is 1. The average molecular weight is 283 g/mol. The van der Waals surface area contributed by atoms with Gasteiger partial charge < -0.3 is 15.4 Å². The zero-order valence-electron chi connectivity index (χ0n) is 12.0. The molecule has 0 aliphatic rings. The number of aliphatic hydroxyl groups is 1. The number of carbonyl (C=O) groups excluding carboxylic acids is 1. The molecule has 0 aliphatic carbocycles. The third-order valence-electron chi connectivity index (χ3n) is 3.08. The SMILES string of the molecule is Cc1ccc(C(=O)NC(C)c2ncc[nH]2)cc1C#CCO. The maximum absolute atomic E-state index is 12.2. The lowest BCUT2D eigenvalue weighted by Crippen LogP contribution is -2.27. The Morgan fingerprint density at radius 2 is 2.33 bits per heavy atom. The van der Waals surface area contributed by atoms with Crippen LogP contribution in [0, 0.1) is 18.8 Å². The van der Waals surface area contributed by atoms with Crippen LogP contribution in [0.15, 0.2) is 30.6 Å². The molecule has 5 nitrogen and oxygen atoms in total. The number of rotatable bonds is 3. The number of aromatic amines is 1. The molecule has 0 saturated carbocycles. The highest BCUT2D eigenvalue weighted by Gasteiger charge is 2.13. The molecule has 2 aromatic rings. The second-order valence-electron chi connectivity index (χ2n) is 4.66. The third-order valence-corrected chi connectivity index (χ3v) is 3.08. The molecular formula is C16H17N3O2. The van der Waals surface area contributed by atoms with Crippen molar-refractivity contribution in [2.45, 2.75) is 19.9 Å². The van der Waals surface area contributed by atoms with Crippen LogP contribution in [0.3, 0.4) is 0 Å². The number of hydrogen-bond acceptors (Lipinski definition) is 3. The fraction of sp³-hybridized carbons (Fsp3) is 0.250. The molecule has 1 aromatic carbocycles. The van der Waals surface area contributed by atoms with Crippen molar-refractivity contribution in [3.63, 3.8) is 0 Å². The van der Waals surface area contributed by atoms with Crippen molar-refractivity contribution in [2.24, 2.45) is 0 Å². The minimum absolute atomic E-state index is 0.189. The summed E-state index contributed by atoms with van der Waals surface area (Å²) in [5.41, 5.74) is 2.23. The van der Waals surface area contributed by atoms with E-state index < -0.39 is 0 Å². The first kappa shape index (κ1) is 14.8. The number of hydrogen-bond donors (Lipinski definition) is 3. The Kier molecular flexibility index (Phi) is 4.75. The first-order chi connectivity index (χ1) is 10.1. The van der Waals surface area contributed by atoms with E-state index in [0.717, 1.165) is 11.1 Å². The highest BCUT2D eigenvalue weighted by atomic mass is 16.2. The largest absolute Gasteiger partial charge is 0.384 e. The van der Waals surface area contributed by atoms with Crippen molar-refractivity contribution in [3.8, 4) is 11.8 Å². The molecule has 2 rings (SSSR count). The van der Waals surface area contributed by atoms with Gasteiger partial charge in [0.1, 0.15) is 12.4 Å². The number of aromatic nitrogens is 2. The third kappa shape index (κ3) is 3.71. The van der Waals surface area contributed by atoms with Gasteiger partial charge in [0.15, 0.2) is 0 Å². The van der Waals surface area contributed by atoms with Crippen LogP contribution in [0.25, 0.3) is 0 Å². The highest BCUT2D eigenvalue weighted by Crippen LogP contribution is 2.12. The Hall–Kier alpha value is -2.58. The van der Waals surface area contributed by atoms with Gasteiger partial charge in [0.05, 0.1) is 6.04 Å². The summed E-state index contributed by atoms with van der Waals surface area (Å²) >= 11 is 0. The first-order valence-corrected chi connectivity index (χ1v) is 6.62. The topological polar surface area (TPSA) is 78.0 Å². The van der Waals surface area contributed by atoms with Gasteiger partial charge >= 0.3 is 0 Å². The van der Waals surface area contributed by atoms with Crippen LogP contribution in [0.4, 0.5) is 0 Å². The van der Waals surface area contributed by atoms with E-state index in [1.165, 1.54) is 0 Å². The molecule has 0 bridgehead atoms. The molecule has 108 valence electrons. The fourth-order valence-corrected chi connectivity index (χ4v) is 1.90. The summed E-state index contributed by atoms with van der Waals surface area (Å²) in [5.74, 6) is 5.95. The van der Waals surface area contributed by atoms with Gasteiger partial charge in [-0.05, 0) is 31.5 Å². The molecule has 0 spiro atoms. The smallest absolute Gasteiger partial charge is 0.251 e. The first-order valence-electron chi connectivity index (χ1n) is 6.62. The van der Waals surface area contributed by atoms with Crippen molar-refractivity contribution < 1.29 is 9.90 Å². The summed E-state index contributed by atoms with van der Waals surface area (Å²) in [4.78, 5) is 19.3. The van der Waals surface area contributed by atoms with Crippen LogP contribution < -0.4 is 5.32 Å². The second kappa shape index (κ2) is 6.73. The molecule has 0 aliphatic heterocycles. The number of aryl methyl sites for hydroxylation is 1. The summed E-state index contributed by atoms with van der Waals surface area (Å²) in [6.07, 6.45) is 3.36. The Balaban J connectivity index is 2.16. The van der Waals surface area contributed by atoms with E-state index in [1.807, 2.05) is 19.9 Å². The van der Waals surface area contributed by atoms with E-state index in [-0.39, 0.29) is 18.6 Å². The monoisotopic (exact) mass is 283 g/mol. The molecule has 1 heterocycles. The highest BCUT2D eigenvalue weighted by molar-refractivity contribution is 5.94. The Bertz CT molecular complexity index is 681. The lowest BCUT2D eigenvalue weighted by Gasteiger charge is -2.12. The van der Waals surface area contributed by atoms with E-state index in [0.29, 0.717) is 11.4 Å². The molecule has 1 unspecified atom stereocenters. The van der Waals surface area contributed by atoms with Crippen molar-refractivity contribution in [1.82, 2.24) is 15.3 Å². The summed E-state index contributed by atoms with van der Waals surface area (Å²) in [6, 6.07) is 5.11. The van der Waals surface area contributed by atoms with Gasteiger partial charge in [0.25, 0.3) is 5.91 Å². The van der Waals surface area contributed by atoms with E-state index in [1.54, 1.807) is 24.5 Å². The molecule has 1 atom stereocenters. The van der Waals surface area contributed by atoms with Crippen LogP contribution in [0.2, 0.25) is 0 Å². The molecular weight excluding hydrogens is 266 g/mol. The van der Waals surface area contributed by atoms with Crippen molar-refractivity contribution in [1.29, 1.82) is 0 Å². The van der Waals surface area contributed by atoms with Crippen LogP contribution in [-0.4, -0.2) is 27.6 Å². The van der Waals surface area contributed by atoms with Crippen LogP contribution in [0.5, 0.6) is 0 Å². The lowest BCUT2D eigenvalue weighted by atomic mass is 10.0. The molecule has 0 saturated heterocycles. The maximum Gasteiger partial charge on any atom is 0.251 e. The molecule has 3 N–H and O–H groups in total. The second-order valence-corrected chi connectivity index (χ2v) is 4.66. The van der Waals surface area contributed by atoms with E-state index in [9.17, 15) is 4.79 Å². The number of nitrogens with one attached hydrogen (secondary N) is 2. The van der Waals surface area contributed by atoms with Crippen molar-refractivity contribution in [2.75, 3.05) is 6.61 Å². The Morgan fingerprint density at radius 3 is 3.00 bits per heavy atom. The number of amides is 1. The number of aliphatic hydroxyl groups excluding tert-OH is 1. The van der Waals surface area contributed by atoms with E-state index in [2.05, 4.69) is 27.1 Å². The van der Waals surface area contributed by atoms with Gasteiger partial charge in [0, 0.05) is 23.5 Å². The minimum atomic E-state index is -0.208. The summed E-state index contributed by atoms with van der Waals surface area (Å²) in [6.45, 7) is 3.57. The number of benzene rings is 1. The van der Waals surface area contributed by atoms with Crippen LogP contribution >= 0.6 is 0 Å². The van der Waals surface area contributed by atoms with Crippen molar-refractivity contribution in [3.05, 3.63) is 53.1 Å². The van der Waals surface area contributed by atoms with Crippen LogP contribution in [-0.2, 0) is 0 Å². The van der Waals surface area contributed by atoms with Gasteiger partial charge in [-0.25, -0.2) is 4.98 Å². The van der Waals surface area contributed by atoms with Gasteiger partial charge in [-0.15, -0.1) is 0 Å². The van der Waals surface area contributed by atoms with E-state index >= 15 is 0 Å². The predicted molar refractivity (Wildman–Crippen MR) is 79.6 cm³/mol. The van der Waals surface area contributed by atoms with Crippen LogP contribution in [0.1, 0.15) is 40.3 Å². The molecule has 1 amide bonds. The van der Waals surface area contributed by atoms with Crippen molar-refractivity contribution >= 4 is 5.91 Å². The zero-order chi connectivity index (χ0) is 15.2. The standard InChI is InChI=1S/C16H17N3O2/c1-11-5-6-14(10-13(11)4-3-9-20)16(21)19-12(2)15-17-7-8-18-15/h5-8,10,12,20H,9H2,1-2H3,(H,17,18)(H,19,21). The Morgan fingerprint density at radius 1 is 1.52 bits per heavy atom. The maximum atomic E-state index is 12.2. The van der Waals surface area contributed by atoms with Gasteiger partial charge in [-0.2, -0.15) is 0 Å². The van der Waals surface area contributed by atoms with Gasteiger partial charge in [0.2, 0.25) is 0 Å². The molecule has 0 radical (unpaired) electrons. The number of H-pyrrole nitrogens is 1. The molecule has 0 fully saturated rings. The zero-order valence-corrected chi connectivity index (χ0v) is 12.0. The van der Waals surface area contributed by atoms with Gasteiger partial charge in [-0.3, -0.25) is 4.79 Å². The summed E-state index contributed by atoms with van der Waals surface area (Å²) < 4.78 is 0. The molecule has 1 aromatic heterocycles. The quantitative estimate of drug-likeness (QED) is 0.748. The van der Waals surface area contributed by atoms with E-state index in [4.69, 9.17) is 5.11 Å². The fourth-order valence-electron chi connectivity index (χ4n) is 1.90.